The standard InChI is InChI=1S/C32H45N3O3/c1-8-18-34-21-24(5)35(22-23(34)4)29(26-14-16-27(17-15-26)30(36)33(9-2)10-3)28-13-11-12-25(19-28)20-32(6,7)31(37)38/h8,11-17,19,23-24,29H,1,9-10,18,20-22H2,2-7H3,(H,37,38). The Bertz CT molecular complexity index is 1110. The summed E-state index contributed by atoms with van der Waals surface area (Å²) in [4.78, 5) is 31.6. The summed E-state index contributed by atoms with van der Waals surface area (Å²) < 4.78 is 0. The van der Waals surface area contributed by atoms with Crippen LogP contribution in [0.3, 0.4) is 0 Å². The second-order valence-electron chi connectivity index (χ2n) is 11.3. The van der Waals surface area contributed by atoms with Gasteiger partial charge in [0.1, 0.15) is 0 Å². The van der Waals surface area contributed by atoms with Gasteiger partial charge in [0.05, 0.1) is 11.5 Å². The van der Waals surface area contributed by atoms with Gasteiger partial charge < -0.3 is 10.0 Å². The Morgan fingerprint density at radius 1 is 1.05 bits per heavy atom. The monoisotopic (exact) mass is 519 g/mol. The third kappa shape index (κ3) is 6.72. The molecular formula is C32H45N3O3. The van der Waals surface area contributed by atoms with Crippen molar-refractivity contribution in [3.8, 4) is 0 Å². The number of amides is 1. The number of carboxylic acids is 1. The molecule has 1 aliphatic heterocycles. The number of carboxylic acid groups (broad SMARTS) is 1. The number of hydrogen-bond acceptors (Lipinski definition) is 4. The van der Waals surface area contributed by atoms with E-state index in [1.165, 1.54) is 0 Å². The molecule has 1 amide bonds. The molecule has 2 aromatic rings. The molecule has 38 heavy (non-hydrogen) atoms. The lowest BCUT2D eigenvalue weighted by molar-refractivity contribution is -0.146. The van der Waals surface area contributed by atoms with Crippen LogP contribution in [0.4, 0.5) is 0 Å². The third-order valence-electron chi connectivity index (χ3n) is 7.87. The van der Waals surface area contributed by atoms with Gasteiger partial charge in [0, 0.05) is 50.4 Å². The Morgan fingerprint density at radius 2 is 1.71 bits per heavy atom. The highest BCUT2D eigenvalue weighted by Crippen LogP contribution is 2.35. The van der Waals surface area contributed by atoms with E-state index in [2.05, 4.69) is 54.5 Å². The number of aliphatic carboxylic acids is 1. The van der Waals surface area contributed by atoms with Crippen LogP contribution in [-0.4, -0.2) is 76.5 Å². The first-order chi connectivity index (χ1) is 18.0. The fraction of sp³-hybridized carbons (Fsp3) is 0.500. The van der Waals surface area contributed by atoms with Crippen LogP contribution in [-0.2, 0) is 11.2 Å². The quantitative estimate of drug-likeness (QED) is 0.398. The average Bonchev–Trinajstić information content (AvgIpc) is 2.88. The molecule has 1 fully saturated rings. The highest BCUT2D eigenvalue weighted by molar-refractivity contribution is 5.94. The SMILES string of the molecule is C=CCN1CC(C)N(C(c2ccc(C(=O)N(CC)CC)cc2)c2cccc(CC(C)(C)C(=O)O)c2)CC1C. The van der Waals surface area contributed by atoms with Crippen LogP contribution in [0, 0.1) is 5.41 Å². The number of nitrogens with zero attached hydrogens (tertiary/aromatic N) is 3. The minimum atomic E-state index is -0.849. The van der Waals surface area contributed by atoms with Crippen molar-refractivity contribution in [2.24, 2.45) is 5.41 Å². The molecule has 0 aliphatic carbocycles. The van der Waals surface area contributed by atoms with Gasteiger partial charge in [0.25, 0.3) is 5.91 Å². The van der Waals surface area contributed by atoms with Crippen molar-refractivity contribution < 1.29 is 14.7 Å². The molecule has 1 aliphatic rings. The minimum Gasteiger partial charge on any atom is -0.481 e. The number of carbonyl (C=O) groups is 2. The Kier molecular flexibility index (Phi) is 9.91. The summed E-state index contributed by atoms with van der Waals surface area (Å²) >= 11 is 0. The zero-order valence-electron chi connectivity index (χ0n) is 24.0. The number of benzene rings is 2. The number of piperazine rings is 1. The molecule has 0 radical (unpaired) electrons. The fourth-order valence-electron chi connectivity index (χ4n) is 5.54. The highest BCUT2D eigenvalue weighted by Gasteiger charge is 2.35. The van der Waals surface area contributed by atoms with Gasteiger partial charge >= 0.3 is 5.97 Å². The molecule has 0 aromatic heterocycles. The first-order valence-electron chi connectivity index (χ1n) is 13.8. The molecule has 6 nitrogen and oxygen atoms in total. The maximum atomic E-state index is 12.9. The molecule has 6 heteroatoms. The maximum absolute atomic E-state index is 12.9. The molecule has 3 atom stereocenters. The van der Waals surface area contributed by atoms with Crippen molar-refractivity contribution >= 4 is 11.9 Å². The van der Waals surface area contributed by atoms with Crippen LogP contribution < -0.4 is 0 Å². The molecule has 0 bridgehead atoms. The summed E-state index contributed by atoms with van der Waals surface area (Å²) in [6.07, 6.45) is 2.43. The summed E-state index contributed by atoms with van der Waals surface area (Å²) in [6, 6.07) is 17.1. The Hall–Kier alpha value is -2.96. The van der Waals surface area contributed by atoms with Crippen molar-refractivity contribution in [1.82, 2.24) is 14.7 Å². The lowest BCUT2D eigenvalue weighted by atomic mass is 9.84. The minimum absolute atomic E-state index is 0.0103. The second-order valence-corrected chi connectivity index (χ2v) is 11.3. The molecule has 206 valence electrons. The number of rotatable bonds is 11. The van der Waals surface area contributed by atoms with Gasteiger partial charge in [-0.25, -0.2) is 0 Å². The zero-order chi connectivity index (χ0) is 28.0. The van der Waals surface area contributed by atoms with Crippen LogP contribution >= 0.6 is 0 Å². The van der Waals surface area contributed by atoms with E-state index < -0.39 is 11.4 Å². The van der Waals surface area contributed by atoms with Gasteiger partial charge in [-0.1, -0.05) is 42.5 Å². The van der Waals surface area contributed by atoms with Crippen LogP contribution in [0.1, 0.15) is 74.6 Å². The normalized spacial score (nSPS) is 19.6. The third-order valence-corrected chi connectivity index (χ3v) is 7.87. The second kappa shape index (κ2) is 12.7. The summed E-state index contributed by atoms with van der Waals surface area (Å²) in [6.45, 7) is 20.1. The summed E-state index contributed by atoms with van der Waals surface area (Å²) in [5.74, 6) is -0.746. The van der Waals surface area contributed by atoms with E-state index in [1.807, 2.05) is 49.1 Å². The first-order valence-corrected chi connectivity index (χ1v) is 13.8. The summed E-state index contributed by atoms with van der Waals surface area (Å²) in [5.41, 5.74) is 3.14. The van der Waals surface area contributed by atoms with E-state index in [0.717, 1.165) is 36.3 Å². The van der Waals surface area contributed by atoms with Crippen LogP contribution in [0.25, 0.3) is 0 Å². The van der Waals surface area contributed by atoms with Crippen LogP contribution in [0.5, 0.6) is 0 Å². The first kappa shape index (κ1) is 29.6. The van der Waals surface area contributed by atoms with E-state index >= 15 is 0 Å². The zero-order valence-corrected chi connectivity index (χ0v) is 24.0. The molecule has 0 spiro atoms. The molecule has 0 saturated carbocycles. The molecule has 1 heterocycles. The van der Waals surface area contributed by atoms with Crippen molar-refractivity contribution in [2.75, 3.05) is 32.7 Å². The van der Waals surface area contributed by atoms with Crippen LogP contribution in [0.15, 0.2) is 61.2 Å². The van der Waals surface area contributed by atoms with Crippen molar-refractivity contribution in [3.63, 3.8) is 0 Å². The van der Waals surface area contributed by atoms with E-state index in [4.69, 9.17) is 0 Å². The fourth-order valence-corrected chi connectivity index (χ4v) is 5.54. The Labute approximate surface area is 228 Å². The lowest BCUT2D eigenvalue weighted by Crippen LogP contribution is -2.57. The van der Waals surface area contributed by atoms with Gasteiger partial charge in [-0.2, -0.15) is 0 Å². The smallest absolute Gasteiger partial charge is 0.309 e. The van der Waals surface area contributed by atoms with E-state index in [9.17, 15) is 14.7 Å². The molecule has 3 rings (SSSR count). The van der Waals surface area contributed by atoms with Gasteiger partial charge in [-0.3, -0.25) is 19.4 Å². The molecule has 1 saturated heterocycles. The van der Waals surface area contributed by atoms with E-state index in [0.29, 0.717) is 37.2 Å². The van der Waals surface area contributed by atoms with E-state index in [-0.39, 0.29) is 11.9 Å². The number of hydrogen-bond donors (Lipinski definition) is 1. The Balaban J connectivity index is 2.02. The summed E-state index contributed by atoms with van der Waals surface area (Å²) in [7, 11) is 0. The average molecular weight is 520 g/mol. The van der Waals surface area contributed by atoms with Gasteiger partial charge in [0.15, 0.2) is 0 Å². The molecule has 3 unspecified atom stereocenters. The predicted octanol–water partition coefficient (Wildman–Crippen LogP) is 5.49. The van der Waals surface area contributed by atoms with Crippen molar-refractivity contribution in [3.05, 3.63) is 83.4 Å². The molecular weight excluding hydrogens is 474 g/mol. The number of carbonyl (C=O) groups excluding carboxylic acids is 1. The van der Waals surface area contributed by atoms with Crippen LogP contribution in [0.2, 0.25) is 0 Å². The lowest BCUT2D eigenvalue weighted by Gasteiger charge is -2.47. The Morgan fingerprint density at radius 3 is 2.29 bits per heavy atom. The van der Waals surface area contributed by atoms with Crippen molar-refractivity contribution in [1.29, 1.82) is 0 Å². The topological polar surface area (TPSA) is 64.1 Å². The van der Waals surface area contributed by atoms with Gasteiger partial charge in [0.2, 0.25) is 0 Å². The van der Waals surface area contributed by atoms with E-state index in [1.54, 1.807) is 13.8 Å². The van der Waals surface area contributed by atoms with Crippen molar-refractivity contribution in [2.45, 2.75) is 66.1 Å². The molecule has 2 aromatic carbocycles. The highest BCUT2D eigenvalue weighted by atomic mass is 16.4. The summed E-state index contributed by atoms with van der Waals surface area (Å²) in [5, 5.41) is 9.69. The van der Waals surface area contributed by atoms with Gasteiger partial charge in [-0.15, -0.1) is 6.58 Å². The predicted molar refractivity (Wildman–Crippen MR) is 154 cm³/mol. The largest absolute Gasteiger partial charge is 0.481 e. The molecule has 1 N–H and O–H groups in total. The maximum Gasteiger partial charge on any atom is 0.309 e. The van der Waals surface area contributed by atoms with Gasteiger partial charge in [-0.05, 0) is 76.8 Å².